The molecule has 1 heterocycles. The number of carbonyl (C=O) groups excluding carboxylic acids is 1. The second-order valence-electron chi connectivity index (χ2n) is 4.95. The fourth-order valence-electron chi connectivity index (χ4n) is 2.44. The van der Waals surface area contributed by atoms with Crippen LogP contribution in [0.3, 0.4) is 0 Å². The largest absolute Gasteiger partial charge is 0.497 e. The molecule has 2 rings (SSSR count). The fraction of sp³-hybridized carbons (Fsp3) is 0.533. The van der Waals surface area contributed by atoms with E-state index in [-0.39, 0.29) is 5.91 Å². The first kappa shape index (κ1) is 14.7. The zero-order valence-corrected chi connectivity index (χ0v) is 12.1. The number of amides is 1. The van der Waals surface area contributed by atoms with Crippen LogP contribution >= 0.6 is 0 Å². The second kappa shape index (κ2) is 7.14. The summed E-state index contributed by atoms with van der Waals surface area (Å²) in [6.07, 6.45) is 2.77. The molecule has 110 valence electrons. The van der Waals surface area contributed by atoms with E-state index < -0.39 is 0 Å². The highest BCUT2D eigenvalue weighted by Crippen LogP contribution is 2.23. The molecule has 1 aromatic carbocycles. The number of carbonyl (C=O) groups is 1. The van der Waals surface area contributed by atoms with Crippen molar-refractivity contribution in [1.82, 2.24) is 10.6 Å². The third-order valence-electron chi connectivity index (χ3n) is 3.56. The van der Waals surface area contributed by atoms with Gasteiger partial charge in [0.05, 0.1) is 14.2 Å². The lowest BCUT2D eigenvalue weighted by Gasteiger charge is -2.13. The predicted octanol–water partition coefficient (Wildman–Crippen LogP) is 1.46. The molecule has 20 heavy (non-hydrogen) atoms. The number of methoxy groups -OCH3 is 2. The van der Waals surface area contributed by atoms with Gasteiger partial charge in [-0.1, -0.05) is 0 Å². The van der Waals surface area contributed by atoms with Crippen molar-refractivity contribution in [3.63, 3.8) is 0 Å². The molecule has 0 saturated carbocycles. The van der Waals surface area contributed by atoms with E-state index in [1.54, 1.807) is 14.2 Å². The zero-order chi connectivity index (χ0) is 14.4. The summed E-state index contributed by atoms with van der Waals surface area (Å²) in [6.45, 7) is 1.47. The van der Waals surface area contributed by atoms with Gasteiger partial charge in [0.25, 0.3) is 0 Å². The van der Waals surface area contributed by atoms with E-state index in [2.05, 4.69) is 10.6 Å². The SMILES string of the molecule is COc1ccc(OC)c(CNC(=O)CC2CCCN2)c1. The van der Waals surface area contributed by atoms with Crippen LogP contribution in [0.1, 0.15) is 24.8 Å². The van der Waals surface area contributed by atoms with Gasteiger partial charge in [-0.2, -0.15) is 0 Å². The number of nitrogens with one attached hydrogen (secondary N) is 2. The van der Waals surface area contributed by atoms with Gasteiger partial charge in [0, 0.05) is 24.6 Å². The monoisotopic (exact) mass is 278 g/mol. The van der Waals surface area contributed by atoms with Crippen LogP contribution in [0.5, 0.6) is 11.5 Å². The molecule has 5 nitrogen and oxygen atoms in total. The number of rotatable bonds is 6. The topological polar surface area (TPSA) is 59.6 Å². The van der Waals surface area contributed by atoms with Crippen molar-refractivity contribution >= 4 is 5.91 Å². The van der Waals surface area contributed by atoms with E-state index in [1.807, 2.05) is 18.2 Å². The van der Waals surface area contributed by atoms with Crippen LogP contribution in [0, 0.1) is 0 Å². The smallest absolute Gasteiger partial charge is 0.221 e. The standard InChI is InChI=1S/C15H22N2O3/c1-19-13-5-6-14(20-2)11(8-13)10-17-15(18)9-12-4-3-7-16-12/h5-6,8,12,16H,3-4,7,9-10H2,1-2H3,(H,17,18). The van der Waals surface area contributed by atoms with Gasteiger partial charge in [0.15, 0.2) is 0 Å². The number of ether oxygens (including phenoxy) is 2. The van der Waals surface area contributed by atoms with E-state index >= 15 is 0 Å². The summed E-state index contributed by atoms with van der Waals surface area (Å²) >= 11 is 0. The third-order valence-corrected chi connectivity index (χ3v) is 3.56. The minimum atomic E-state index is 0.0641. The maximum atomic E-state index is 11.9. The molecule has 0 aliphatic carbocycles. The summed E-state index contributed by atoms with van der Waals surface area (Å²) in [4.78, 5) is 11.9. The Labute approximate surface area is 119 Å². The van der Waals surface area contributed by atoms with Crippen LogP contribution in [0.4, 0.5) is 0 Å². The lowest BCUT2D eigenvalue weighted by Crippen LogP contribution is -2.31. The van der Waals surface area contributed by atoms with Gasteiger partial charge in [-0.05, 0) is 37.6 Å². The van der Waals surface area contributed by atoms with Gasteiger partial charge in [-0.15, -0.1) is 0 Å². The van der Waals surface area contributed by atoms with Crippen molar-refractivity contribution in [3.05, 3.63) is 23.8 Å². The average molecular weight is 278 g/mol. The predicted molar refractivity (Wildman–Crippen MR) is 77.0 cm³/mol. The molecular formula is C15H22N2O3. The Morgan fingerprint density at radius 3 is 2.90 bits per heavy atom. The third kappa shape index (κ3) is 3.87. The molecule has 5 heteroatoms. The van der Waals surface area contributed by atoms with Gasteiger partial charge < -0.3 is 20.1 Å². The maximum Gasteiger partial charge on any atom is 0.221 e. The Balaban J connectivity index is 1.90. The van der Waals surface area contributed by atoms with Gasteiger partial charge in [-0.25, -0.2) is 0 Å². The Hall–Kier alpha value is -1.75. The second-order valence-corrected chi connectivity index (χ2v) is 4.95. The molecular weight excluding hydrogens is 256 g/mol. The molecule has 1 fully saturated rings. The molecule has 1 aromatic rings. The Morgan fingerprint density at radius 2 is 2.25 bits per heavy atom. The molecule has 2 N–H and O–H groups in total. The van der Waals surface area contributed by atoms with Gasteiger partial charge in [0.1, 0.15) is 11.5 Å². The Bertz CT molecular complexity index is 456. The van der Waals surface area contributed by atoms with Crippen LogP contribution in [-0.4, -0.2) is 32.7 Å². The lowest BCUT2D eigenvalue weighted by molar-refractivity contribution is -0.121. The fourth-order valence-corrected chi connectivity index (χ4v) is 2.44. The van der Waals surface area contributed by atoms with E-state index in [0.717, 1.165) is 36.4 Å². The summed E-state index contributed by atoms with van der Waals surface area (Å²) in [6, 6.07) is 5.89. The van der Waals surface area contributed by atoms with Crippen LogP contribution in [0.25, 0.3) is 0 Å². The van der Waals surface area contributed by atoms with Crippen LogP contribution in [0.15, 0.2) is 18.2 Å². The normalized spacial score (nSPS) is 17.8. The molecule has 0 spiro atoms. The summed E-state index contributed by atoms with van der Waals surface area (Å²) in [5, 5.41) is 6.26. The summed E-state index contributed by atoms with van der Waals surface area (Å²) in [5.74, 6) is 1.58. The number of hydrogen-bond acceptors (Lipinski definition) is 4. The minimum absolute atomic E-state index is 0.0641. The highest BCUT2D eigenvalue weighted by Gasteiger charge is 2.17. The van der Waals surface area contributed by atoms with Crippen LogP contribution in [-0.2, 0) is 11.3 Å². The minimum Gasteiger partial charge on any atom is -0.497 e. The highest BCUT2D eigenvalue weighted by molar-refractivity contribution is 5.76. The van der Waals surface area contributed by atoms with Crippen molar-refractivity contribution in [1.29, 1.82) is 0 Å². The molecule has 1 amide bonds. The van der Waals surface area contributed by atoms with Crippen molar-refractivity contribution in [3.8, 4) is 11.5 Å². The van der Waals surface area contributed by atoms with Crippen molar-refractivity contribution in [2.45, 2.75) is 31.8 Å². The molecule has 0 bridgehead atoms. The van der Waals surface area contributed by atoms with E-state index in [0.29, 0.717) is 19.0 Å². The molecule has 1 aliphatic rings. The summed E-state index contributed by atoms with van der Waals surface area (Å²) in [5.41, 5.74) is 0.916. The lowest BCUT2D eigenvalue weighted by atomic mass is 10.1. The van der Waals surface area contributed by atoms with Crippen LogP contribution < -0.4 is 20.1 Å². The highest BCUT2D eigenvalue weighted by atomic mass is 16.5. The van der Waals surface area contributed by atoms with Crippen molar-refractivity contribution in [2.75, 3.05) is 20.8 Å². The van der Waals surface area contributed by atoms with Crippen LogP contribution in [0.2, 0.25) is 0 Å². The first-order valence-corrected chi connectivity index (χ1v) is 6.94. The van der Waals surface area contributed by atoms with Crippen molar-refractivity contribution in [2.24, 2.45) is 0 Å². The van der Waals surface area contributed by atoms with E-state index in [4.69, 9.17) is 9.47 Å². The summed E-state index contributed by atoms with van der Waals surface area (Å²) in [7, 11) is 3.24. The quantitative estimate of drug-likeness (QED) is 0.827. The van der Waals surface area contributed by atoms with Gasteiger partial charge in [-0.3, -0.25) is 4.79 Å². The Kier molecular flexibility index (Phi) is 5.24. The average Bonchev–Trinajstić information content (AvgIpc) is 2.97. The van der Waals surface area contributed by atoms with Gasteiger partial charge in [0.2, 0.25) is 5.91 Å². The molecule has 0 aromatic heterocycles. The van der Waals surface area contributed by atoms with Crippen molar-refractivity contribution < 1.29 is 14.3 Å². The van der Waals surface area contributed by atoms with E-state index in [9.17, 15) is 4.79 Å². The number of hydrogen-bond donors (Lipinski definition) is 2. The molecule has 1 atom stereocenters. The Morgan fingerprint density at radius 1 is 1.40 bits per heavy atom. The van der Waals surface area contributed by atoms with E-state index in [1.165, 1.54) is 0 Å². The first-order valence-electron chi connectivity index (χ1n) is 6.94. The van der Waals surface area contributed by atoms with Gasteiger partial charge >= 0.3 is 0 Å². The molecule has 1 saturated heterocycles. The summed E-state index contributed by atoms with van der Waals surface area (Å²) < 4.78 is 10.5. The molecule has 1 unspecified atom stereocenters. The number of benzene rings is 1. The first-order chi connectivity index (χ1) is 9.72. The molecule has 0 radical (unpaired) electrons. The maximum absolute atomic E-state index is 11.9. The zero-order valence-electron chi connectivity index (χ0n) is 12.1. The molecule has 1 aliphatic heterocycles.